The lowest BCUT2D eigenvalue weighted by Gasteiger charge is -2.09. The van der Waals surface area contributed by atoms with Gasteiger partial charge in [-0.15, -0.1) is 0 Å². The Labute approximate surface area is 173 Å². The molecule has 3 rings (SSSR count). The van der Waals surface area contributed by atoms with Crippen molar-refractivity contribution < 1.29 is 24.2 Å². The SMILES string of the molecule is COC(=O)c1ccc(COc2ccccc2/C=N\Nc2ccc(C(=O)O)cc2)cc1. The molecule has 0 bridgehead atoms. The number of ether oxygens (including phenoxy) is 2. The third kappa shape index (κ3) is 5.45. The van der Waals surface area contributed by atoms with E-state index in [1.807, 2.05) is 36.4 Å². The second-order valence-corrected chi connectivity index (χ2v) is 6.27. The summed E-state index contributed by atoms with van der Waals surface area (Å²) in [5, 5.41) is 13.1. The number of methoxy groups -OCH3 is 1. The number of hydrazone groups is 1. The van der Waals surface area contributed by atoms with Crippen LogP contribution in [0.1, 0.15) is 31.8 Å². The molecule has 0 fully saturated rings. The van der Waals surface area contributed by atoms with Crippen LogP contribution in [0.2, 0.25) is 0 Å². The van der Waals surface area contributed by atoms with E-state index in [1.165, 1.54) is 19.2 Å². The van der Waals surface area contributed by atoms with Gasteiger partial charge in [-0.3, -0.25) is 5.43 Å². The molecule has 7 heteroatoms. The van der Waals surface area contributed by atoms with E-state index < -0.39 is 5.97 Å². The summed E-state index contributed by atoms with van der Waals surface area (Å²) in [6.45, 7) is 0.330. The molecule has 0 amide bonds. The van der Waals surface area contributed by atoms with Crippen LogP contribution in [0.5, 0.6) is 5.75 Å². The minimum Gasteiger partial charge on any atom is -0.488 e. The smallest absolute Gasteiger partial charge is 0.337 e. The van der Waals surface area contributed by atoms with E-state index in [4.69, 9.17) is 14.6 Å². The lowest BCUT2D eigenvalue weighted by atomic mass is 10.1. The normalized spacial score (nSPS) is 10.6. The van der Waals surface area contributed by atoms with Crippen LogP contribution in [0, 0.1) is 0 Å². The van der Waals surface area contributed by atoms with Crippen LogP contribution in [-0.4, -0.2) is 30.4 Å². The minimum atomic E-state index is -0.976. The first-order valence-corrected chi connectivity index (χ1v) is 9.08. The van der Waals surface area contributed by atoms with E-state index in [1.54, 1.807) is 30.5 Å². The molecule has 7 nitrogen and oxygen atoms in total. The Hall–Kier alpha value is -4.13. The van der Waals surface area contributed by atoms with Gasteiger partial charge in [0.1, 0.15) is 12.4 Å². The minimum absolute atomic E-state index is 0.211. The second-order valence-electron chi connectivity index (χ2n) is 6.27. The highest BCUT2D eigenvalue weighted by molar-refractivity contribution is 5.89. The molecule has 0 saturated heterocycles. The number of nitrogens with one attached hydrogen (secondary N) is 1. The number of carbonyl (C=O) groups is 2. The molecule has 0 aliphatic carbocycles. The van der Waals surface area contributed by atoms with Crippen LogP contribution in [0.4, 0.5) is 5.69 Å². The van der Waals surface area contributed by atoms with E-state index in [2.05, 4.69) is 10.5 Å². The van der Waals surface area contributed by atoms with Crippen molar-refractivity contribution in [3.63, 3.8) is 0 Å². The molecule has 0 aliphatic rings. The quantitative estimate of drug-likeness (QED) is 0.332. The molecule has 0 unspecified atom stereocenters. The van der Waals surface area contributed by atoms with Crippen molar-refractivity contribution in [2.24, 2.45) is 5.10 Å². The standard InChI is InChI=1S/C23H20N2O5/c1-29-23(28)18-8-6-16(7-9-18)15-30-21-5-3-2-4-19(21)14-24-25-20-12-10-17(11-13-20)22(26)27/h2-14,25H,15H2,1H3,(H,26,27)/b24-14-. The summed E-state index contributed by atoms with van der Waals surface area (Å²) < 4.78 is 10.6. The molecule has 0 heterocycles. The molecule has 2 N–H and O–H groups in total. The van der Waals surface area contributed by atoms with Gasteiger partial charge < -0.3 is 14.6 Å². The average Bonchev–Trinajstić information content (AvgIpc) is 2.78. The second kappa shape index (κ2) is 9.88. The van der Waals surface area contributed by atoms with E-state index in [-0.39, 0.29) is 11.5 Å². The molecule has 152 valence electrons. The Morgan fingerprint density at radius 2 is 1.63 bits per heavy atom. The van der Waals surface area contributed by atoms with Crippen LogP contribution >= 0.6 is 0 Å². The Morgan fingerprint density at radius 1 is 0.967 bits per heavy atom. The summed E-state index contributed by atoms with van der Waals surface area (Å²) in [4.78, 5) is 22.4. The molecular weight excluding hydrogens is 384 g/mol. The number of carboxylic acids is 1. The summed E-state index contributed by atoms with van der Waals surface area (Å²) in [5.74, 6) is -0.702. The molecule has 0 spiro atoms. The maximum absolute atomic E-state index is 11.5. The molecule has 0 atom stereocenters. The van der Waals surface area contributed by atoms with Crippen molar-refractivity contribution in [3.05, 3.63) is 95.1 Å². The number of hydrogen-bond acceptors (Lipinski definition) is 6. The maximum Gasteiger partial charge on any atom is 0.337 e. The number of para-hydroxylation sites is 1. The molecule has 0 saturated carbocycles. The van der Waals surface area contributed by atoms with Gasteiger partial charge >= 0.3 is 11.9 Å². The number of hydrogen-bond donors (Lipinski definition) is 2. The molecule has 0 radical (unpaired) electrons. The number of benzene rings is 3. The lowest BCUT2D eigenvalue weighted by molar-refractivity contribution is 0.0599. The molecule has 0 aliphatic heterocycles. The van der Waals surface area contributed by atoms with E-state index in [0.717, 1.165) is 11.1 Å². The van der Waals surface area contributed by atoms with Crippen LogP contribution in [0.15, 0.2) is 77.9 Å². The molecule has 30 heavy (non-hydrogen) atoms. The molecule has 3 aromatic rings. The molecule has 3 aromatic carbocycles. The molecule has 0 aromatic heterocycles. The Morgan fingerprint density at radius 3 is 2.30 bits per heavy atom. The monoisotopic (exact) mass is 404 g/mol. The van der Waals surface area contributed by atoms with Gasteiger partial charge in [-0.1, -0.05) is 24.3 Å². The number of carboxylic acid groups (broad SMARTS) is 1. The fraction of sp³-hybridized carbons (Fsp3) is 0.0870. The number of anilines is 1. The van der Waals surface area contributed by atoms with Crippen molar-refractivity contribution >= 4 is 23.8 Å². The highest BCUT2D eigenvalue weighted by Crippen LogP contribution is 2.18. The van der Waals surface area contributed by atoms with Gasteiger partial charge in [0.25, 0.3) is 0 Å². The van der Waals surface area contributed by atoms with Crippen molar-refractivity contribution in [2.75, 3.05) is 12.5 Å². The van der Waals surface area contributed by atoms with Crippen LogP contribution in [-0.2, 0) is 11.3 Å². The average molecular weight is 404 g/mol. The van der Waals surface area contributed by atoms with Gasteiger partial charge in [0.15, 0.2) is 0 Å². The van der Waals surface area contributed by atoms with Gasteiger partial charge in [0.2, 0.25) is 0 Å². The first-order chi connectivity index (χ1) is 14.6. The fourth-order valence-electron chi connectivity index (χ4n) is 2.60. The maximum atomic E-state index is 11.5. The Bertz CT molecular complexity index is 1040. The lowest BCUT2D eigenvalue weighted by Crippen LogP contribution is -2.02. The van der Waals surface area contributed by atoms with Gasteiger partial charge in [0, 0.05) is 5.56 Å². The third-order valence-corrected chi connectivity index (χ3v) is 4.22. The first kappa shape index (κ1) is 20.6. The summed E-state index contributed by atoms with van der Waals surface area (Å²) in [6, 6.07) is 20.7. The van der Waals surface area contributed by atoms with E-state index >= 15 is 0 Å². The fourth-order valence-corrected chi connectivity index (χ4v) is 2.60. The summed E-state index contributed by atoms with van der Waals surface area (Å²) >= 11 is 0. The number of aromatic carboxylic acids is 1. The van der Waals surface area contributed by atoms with Gasteiger partial charge in [0.05, 0.1) is 30.1 Å². The summed E-state index contributed by atoms with van der Waals surface area (Å²) in [7, 11) is 1.35. The Balaban J connectivity index is 1.62. The largest absolute Gasteiger partial charge is 0.488 e. The van der Waals surface area contributed by atoms with Crippen molar-refractivity contribution in [1.29, 1.82) is 0 Å². The zero-order valence-electron chi connectivity index (χ0n) is 16.2. The summed E-state index contributed by atoms with van der Waals surface area (Å²) in [6.07, 6.45) is 1.63. The Kier molecular flexibility index (Phi) is 6.78. The number of rotatable bonds is 8. The van der Waals surface area contributed by atoms with Gasteiger partial charge in [-0.25, -0.2) is 9.59 Å². The van der Waals surface area contributed by atoms with Crippen LogP contribution in [0.3, 0.4) is 0 Å². The topological polar surface area (TPSA) is 97.2 Å². The third-order valence-electron chi connectivity index (χ3n) is 4.22. The van der Waals surface area contributed by atoms with Crippen LogP contribution < -0.4 is 10.2 Å². The number of nitrogens with zero attached hydrogens (tertiary/aromatic N) is 1. The van der Waals surface area contributed by atoms with Crippen molar-refractivity contribution in [2.45, 2.75) is 6.61 Å². The first-order valence-electron chi connectivity index (χ1n) is 9.08. The number of esters is 1. The van der Waals surface area contributed by atoms with E-state index in [9.17, 15) is 9.59 Å². The van der Waals surface area contributed by atoms with Crippen LogP contribution in [0.25, 0.3) is 0 Å². The van der Waals surface area contributed by atoms with E-state index in [0.29, 0.717) is 23.6 Å². The zero-order valence-corrected chi connectivity index (χ0v) is 16.2. The zero-order chi connectivity index (χ0) is 21.3. The predicted octanol–water partition coefficient (Wildman–Crippen LogP) is 4.20. The predicted molar refractivity (Wildman–Crippen MR) is 113 cm³/mol. The van der Waals surface area contributed by atoms with Gasteiger partial charge in [-0.05, 0) is 54.1 Å². The highest BCUT2D eigenvalue weighted by Gasteiger charge is 2.06. The number of carbonyl (C=O) groups excluding carboxylic acids is 1. The highest BCUT2D eigenvalue weighted by atomic mass is 16.5. The summed E-state index contributed by atoms with van der Waals surface area (Å²) in [5.41, 5.74) is 5.91. The van der Waals surface area contributed by atoms with Gasteiger partial charge in [-0.2, -0.15) is 5.10 Å². The molecular formula is C23H20N2O5. The van der Waals surface area contributed by atoms with Crippen molar-refractivity contribution in [3.8, 4) is 5.75 Å². The van der Waals surface area contributed by atoms with Crippen molar-refractivity contribution in [1.82, 2.24) is 0 Å².